The van der Waals surface area contributed by atoms with Crippen molar-refractivity contribution in [1.82, 2.24) is 14.7 Å². The molecule has 162 valence electrons. The molecule has 2 saturated heterocycles. The molecule has 3 amide bonds. The molecule has 0 radical (unpaired) electrons. The van der Waals surface area contributed by atoms with Crippen molar-refractivity contribution < 1.29 is 19.5 Å². The Balaban J connectivity index is 1.58. The second-order valence-corrected chi connectivity index (χ2v) is 8.45. The number of aliphatic hydroxyl groups is 1. The molecule has 0 saturated carbocycles. The Morgan fingerprint density at radius 1 is 1.10 bits per heavy atom. The lowest BCUT2D eigenvalue weighted by molar-refractivity contribution is -0.166. The maximum absolute atomic E-state index is 12.5. The van der Waals surface area contributed by atoms with Gasteiger partial charge in [0.1, 0.15) is 0 Å². The van der Waals surface area contributed by atoms with E-state index in [1.54, 1.807) is 34.9 Å². The molecule has 2 aromatic carbocycles. The zero-order valence-electron chi connectivity index (χ0n) is 18.0. The maximum atomic E-state index is 12.5. The number of aliphatic hydroxyl groups excluding tert-OH is 1. The number of carbonyl (C=O) groups excluding carboxylic acids is 3. The van der Waals surface area contributed by atoms with Crippen LogP contribution in [0.1, 0.15) is 28.8 Å². The van der Waals surface area contributed by atoms with E-state index in [-0.39, 0.29) is 48.9 Å². The summed E-state index contributed by atoms with van der Waals surface area (Å²) in [7, 11) is 3.46. The minimum Gasteiger partial charge on any atom is -0.394 e. The first-order valence-corrected chi connectivity index (χ1v) is 10.4. The fourth-order valence-corrected chi connectivity index (χ4v) is 4.73. The highest BCUT2D eigenvalue weighted by molar-refractivity contribution is 5.95. The SMILES string of the molecule is CC(=O)N1CC(=O)N2[C@H](C1)[C@@H](c1ccc(-c3cccc(C(=O)N(C)C)c3)cc1)[C@@H]2CO. The lowest BCUT2D eigenvalue weighted by atomic mass is 9.73. The van der Waals surface area contributed by atoms with Crippen LogP contribution in [0.5, 0.6) is 0 Å². The van der Waals surface area contributed by atoms with Crippen molar-refractivity contribution >= 4 is 17.7 Å². The van der Waals surface area contributed by atoms with E-state index < -0.39 is 0 Å². The Bertz CT molecular complexity index is 1020. The summed E-state index contributed by atoms with van der Waals surface area (Å²) in [5, 5.41) is 9.90. The largest absolute Gasteiger partial charge is 0.394 e. The Hall–Kier alpha value is -3.19. The van der Waals surface area contributed by atoms with E-state index >= 15 is 0 Å². The summed E-state index contributed by atoms with van der Waals surface area (Å²) < 4.78 is 0. The molecule has 7 nitrogen and oxygen atoms in total. The van der Waals surface area contributed by atoms with Gasteiger partial charge >= 0.3 is 0 Å². The van der Waals surface area contributed by atoms with Crippen molar-refractivity contribution in [2.24, 2.45) is 0 Å². The molecule has 0 aromatic heterocycles. The molecule has 7 heteroatoms. The molecule has 0 aliphatic carbocycles. The van der Waals surface area contributed by atoms with Crippen molar-refractivity contribution in [3.8, 4) is 11.1 Å². The second kappa shape index (κ2) is 8.15. The van der Waals surface area contributed by atoms with E-state index in [0.29, 0.717) is 12.1 Å². The molecule has 1 N–H and O–H groups in total. The van der Waals surface area contributed by atoms with Crippen LogP contribution in [0.25, 0.3) is 11.1 Å². The number of benzene rings is 2. The second-order valence-electron chi connectivity index (χ2n) is 8.45. The topological polar surface area (TPSA) is 81.2 Å². The van der Waals surface area contributed by atoms with E-state index in [0.717, 1.165) is 16.7 Å². The van der Waals surface area contributed by atoms with Crippen LogP contribution >= 0.6 is 0 Å². The first-order valence-electron chi connectivity index (χ1n) is 10.4. The third-order valence-electron chi connectivity index (χ3n) is 6.34. The standard InChI is InChI=1S/C24H27N3O4/c1-15(29)26-12-20-23(21(14-28)27(20)22(30)13-26)17-9-7-16(8-10-17)18-5-4-6-19(11-18)24(31)25(2)3/h4-11,20-21,23,28H,12-14H2,1-3H3/t20-,21+,23-/m1/s1. The molecule has 3 atom stereocenters. The van der Waals surface area contributed by atoms with E-state index in [4.69, 9.17) is 0 Å². The van der Waals surface area contributed by atoms with Crippen molar-refractivity contribution in [2.45, 2.75) is 24.9 Å². The normalized spacial score (nSPS) is 22.6. The number of rotatable bonds is 4. The van der Waals surface area contributed by atoms with E-state index in [1.165, 1.54) is 6.92 Å². The van der Waals surface area contributed by atoms with Crippen LogP contribution in [-0.2, 0) is 9.59 Å². The van der Waals surface area contributed by atoms with Gasteiger partial charge in [-0.2, -0.15) is 0 Å². The fraction of sp³-hybridized carbons (Fsp3) is 0.375. The first kappa shape index (κ1) is 21.1. The molecular weight excluding hydrogens is 394 g/mol. The van der Waals surface area contributed by atoms with Crippen molar-refractivity contribution in [1.29, 1.82) is 0 Å². The van der Waals surface area contributed by atoms with E-state index in [1.807, 2.05) is 42.5 Å². The number of carbonyl (C=O) groups is 3. The van der Waals surface area contributed by atoms with Crippen LogP contribution in [0.15, 0.2) is 48.5 Å². The molecule has 0 unspecified atom stereocenters. The summed E-state index contributed by atoms with van der Waals surface area (Å²) in [5.74, 6) is -0.287. The van der Waals surface area contributed by atoms with Gasteiger partial charge in [-0.15, -0.1) is 0 Å². The summed E-state index contributed by atoms with van der Waals surface area (Å²) in [6, 6.07) is 15.2. The van der Waals surface area contributed by atoms with Crippen LogP contribution in [0.3, 0.4) is 0 Å². The maximum Gasteiger partial charge on any atom is 0.253 e. The fourth-order valence-electron chi connectivity index (χ4n) is 4.73. The van der Waals surface area contributed by atoms with Crippen molar-refractivity contribution in [3.63, 3.8) is 0 Å². The molecule has 31 heavy (non-hydrogen) atoms. The molecule has 2 fully saturated rings. The van der Waals surface area contributed by atoms with Gasteiger partial charge in [0.2, 0.25) is 11.8 Å². The molecule has 0 spiro atoms. The van der Waals surface area contributed by atoms with Gasteiger partial charge in [-0.1, -0.05) is 36.4 Å². The van der Waals surface area contributed by atoms with Gasteiger partial charge in [0, 0.05) is 39.0 Å². The summed E-state index contributed by atoms with van der Waals surface area (Å²) in [6.45, 7) is 1.93. The number of hydrogen-bond donors (Lipinski definition) is 1. The Morgan fingerprint density at radius 3 is 2.42 bits per heavy atom. The summed E-state index contributed by atoms with van der Waals surface area (Å²) in [4.78, 5) is 41.4. The van der Waals surface area contributed by atoms with Gasteiger partial charge in [-0.3, -0.25) is 14.4 Å². The number of piperazine rings is 1. The third kappa shape index (κ3) is 3.70. The summed E-state index contributed by atoms with van der Waals surface area (Å²) in [5.41, 5.74) is 3.59. The zero-order valence-corrected chi connectivity index (χ0v) is 18.0. The van der Waals surface area contributed by atoms with Gasteiger partial charge in [-0.05, 0) is 28.8 Å². The lowest BCUT2D eigenvalue weighted by Gasteiger charge is -2.58. The van der Waals surface area contributed by atoms with Gasteiger partial charge in [0.15, 0.2) is 0 Å². The first-order chi connectivity index (χ1) is 14.8. The smallest absolute Gasteiger partial charge is 0.253 e. The minimum absolute atomic E-state index is 0.0215. The van der Waals surface area contributed by atoms with Gasteiger partial charge in [-0.25, -0.2) is 0 Å². The van der Waals surface area contributed by atoms with E-state index in [2.05, 4.69) is 0 Å². The Labute approximate surface area is 181 Å². The zero-order chi connectivity index (χ0) is 22.3. The summed E-state index contributed by atoms with van der Waals surface area (Å²) in [6.07, 6.45) is 0. The molecular formula is C24H27N3O4. The molecule has 2 aliphatic rings. The molecule has 2 aliphatic heterocycles. The highest BCUT2D eigenvalue weighted by Gasteiger charge is 2.54. The van der Waals surface area contributed by atoms with Gasteiger partial charge in [0.25, 0.3) is 5.91 Å². The summed E-state index contributed by atoms with van der Waals surface area (Å²) >= 11 is 0. The molecule has 0 bridgehead atoms. The van der Waals surface area contributed by atoms with Crippen LogP contribution in [0.2, 0.25) is 0 Å². The van der Waals surface area contributed by atoms with Gasteiger partial charge < -0.3 is 19.8 Å². The average Bonchev–Trinajstić information content (AvgIpc) is 2.74. The monoisotopic (exact) mass is 421 g/mol. The number of fused-ring (bicyclic) bond motifs is 1. The highest BCUT2D eigenvalue weighted by Crippen LogP contribution is 2.43. The lowest BCUT2D eigenvalue weighted by Crippen LogP contribution is -2.73. The third-order valence-corrected chi connectivity index (χ3v) is 6.34. The molecule has 4 rings (SSSR count). The minimum atomic E-state index is -0.265. The van der Waals surface area contributed by atoms with Crippen LogP contribution < -0.4 is 0 Å². The Morgan fingerprint density at radius 2 is 1.81 bits per heavy atom. The molecule has 2 aromatic rings. The number of amides is 3. The van der Waals surface area contributed by atoms with Crippen LogP contribution in [-0.4, -0.2) is 83.4 Å². The van der Waals surface area contributed by atoms with Gasteiger partial charge in [0.05, 0.1) is 25.2 Å². The quantitative estimate of drug-likeness (QED) is 0.813. The predicted octanol–water partition coefficient (Wildman–Crippen LogP) is 1.57. The molecule has 2 heterocycles. The Kier molecular flexibility index (Phi) is 5.54. The number of hydrogen-bond acceptors (Lipinski definition) is 4. The van der Waals surface area contributed by atoms with Crippen LogP contribution in [0.4, 0.5) is 0 Å². The van der Waals surface area contributed by atoms with Crippen LogP contribution in [0, 0.1) is 0 Å². The van der Waals surface area contributed by atoms with Crippen molar-refractivity contribution in [2.75, 3.05) is 33.8 Å². The predicted molar refractivity (Wildman–Crippen MR) is 116 cm³/mol. The number of nitrogens with zero attached hydrogens (tertiary/aromatic N) is 3. The highest BCUT2D eigenvalue weighted by atomic mass is 16.3. The van der Waals surface area contributed by atoms with E-state index in [9.17, 15) is 19.5 Å². The van der Waals surface area contributed by atoms with Crippen molar-refractivity contribution in [3.05, 3.63) is 59.7 Å². The average molecular weight is 421 g/mol.